The fraction of sp³-hybridized carbons (Fsp3) is 0.500. The minimum atomic E-state index is -3.71. The first kappa shape index (κ1) is 16.9. The zero-order valence-electron chi connectivity index (χ0n) is 13.4. The highest BCUT2D eigenvalue weighted by Gasteiger charge is 2.55. The number of sulfonamides is 1. The maximum absolute atomic E-state index is 12.9. The van der Waals surface area contributed by atoms with E-state index in [0.717, 1.165) is 0 Å². The molecule has 0 bridgehead atoms. The Kier molecular flexibility index (Phi) is 4.34. The quantitative estimate of drug-likeness (QED) is 0.848. The molecular formula is C16H19N3O4S. The predicted molar refractivity (Wildman–Crippen MR) is 85.3 cm³/mol. The Morgan fingerprint density at radius 2 is 2.12 bits per heavy atom. The summed E-state index contributed by atoms with van der Waals surface area (Å²) in [6, 6.07) is 7.79. The Balaban J connectivity index is 1.92. The SMILES string of the molecule is CNC(=O)[C@]12CCOC[C@H]1CN(S(=O)(=O)c1ccc(C#N)cc1)C2. The molecule has 8 heteroatoms. The second kappa shape index (κ2) is 6.16. The number of nitrogens with one attached hydrogen (secondary N) is 1. The van der Waals surface area contributed by atoms with Gasteiger partial charge in [-0.3, -0.25) is 4.79 Å². The third kappa shape index (κ3) is 2.59. The van der Waals surface area contributed by atoms with Crippen molar-refractivity contribution in [2.45, 2.75) is 11.3 Å². The Morgan fingerprint density at radius 3 is 2.75 bits per heavy atom. The van der Waals surface area contributed by atoms with E-state index in [-0.39, 0.29) is 29.8 Å². The van der Waals surface area contributed by atoms with Crippen molar-refractivity contribution < 1.29 is 17.9 Å². The Morgan fingerprint density at radius 1 is 1.42 bits per heavy atom. The molecule has 7 nitrogen and oxygen atoms in total. The summed E-state index contributed by atoms with van der Waals surface area (Å²) in [7, 11) is -2.14. The van der Waals surface area contributed by atoms with Crippen molar-refractivity contribution >= 4 is 15.9 Å². The molecule has 1 aromatic carbocycles. The molecule has 0 aliphatic carbocycles. The lowest BCUT2D eigenvalue weighted by atomic mass is 9.73. The van der Waals surface area contributed by atoms with Gasteiger partial charge in [0.2, 0.25) is 15.9 Å². The summed E-state index contributed by atoms with van der Waals surface area (Å²) in [5.74, 6) is -0.285. The first-order valence-corrected chi connectivity index (χ1v) is 9.18. The second-order valence-electron chi connectivity index (χ2n) is 6.19. The molecule has 1 amide bonds. The maximum atomic E-state index is 12.9. The maximum Gasteiger partial charge on any atom is 0.243 e. The van der Waals surface area contributed by atoms with Gasteiger partial charge in [0.05, 0.1) is 28.6 Å². The van der Waals surface area contributed by atoms with Crippen LogP contribution in [0.15, 0.2) is 29.2 Å². The van der Waals surface area contributed by atoms with E-state index in [2.05, 4.69) is 5.32 Å². The monoisotopic (exact) mass is 349 g/mol. The lowest BCUT2D eigenvalue weighted by molar-refractivity contribution is -0.138. The fourth-order valence-electron chi connectivity index (χ4n) is 3.56. The molecule has 0 saturated carbocycles. The Bertz CT molecular complexity index is 785. The van der Waals surface area contributed by atoms with Gasteiger partial charge in [0.25, 0.3) is 0 Å². The van der Waals surface area contributed by atoms with Crippen molar-refractivity contribution in [1.82, 2.24) is 9.62 Å². The van der Waals surface area contributed by atoms with Gasteiger partial charge >= 0.3 is 0 Å². The summed E-state index contributed by atoms with van der Waals surface area (Å²) in [4.78, 5) is 12.6. The van der Waals surface area contributed by atoms with Crippen LogP contribution in [-0.4, -0.2) is 52.0 Å². The molecule has 0 aromatic heterocycles. The van der Waals surface area contributed by atoms with Crippen LogP contribution in [0.3, 0.4) is 0 Å². The predicted octanol–water partition coefficient (Wildman–Crippen LogP) is 0.331. The number of hydrogen-bond acceptors (Lipinski definition) is 5. The molecule has 0 unspecified atom stereocenters. The first-order chi connectivity index (χ1) is 11.4. The third-order valence-corrected chi connectivity index (χ3v) is 6.80. The van der Waals surface area contributed by atoms with Crippen molar-refractivity contribution in [3.63, 3.8) is 0 Å². The fourth-order valence-corrected chi connectivity index (χ4v) is 5.11. The summed E-state index contributed by atoms with van der Waals surface area (Å²) in [5.41, 5.74) is -0.327. The summed E-state index contributed by atoms with van der Waals surface area (Å²) in [6.07, 6.45) is 0.511. The molecule has 2 atom stereocenters. The number of ether oxygens (including phenoxy) is 1. The van der Waals surface area contributed by atoms with Crippen LogP contribution in [0, 0.1) is 22.7 Å². The molecule has 0 radical (unpaired) electrons. The Hall–Kier alpha value is -1.95. The smallest absolute Gasteiger partial charge is 0.243 e. The third-order valence-electron chi connectivity index (χ3n) is 4.98. The van der Waals surface area contributed by atoms with E-state index >= 15 is 0 Å². The average Bonchev–Trinajstić information content (AvgIpc) is 3.02. The van der Waals surface area contributed by atoms with Crippen LogP contribution in [-0.2, 0) is 19.6 Å². The van der Waals surface area contributed by atoms with E-state index in [4.69, 9.17) is 10.00 Å². The van der Waals surface area contributed by atoms with Crippen LogP contribution in [0.25, 0.3) is 0 Å². The highest BCUT2D eigenvalue weighted by molar-refractivity contribution is 7.89. The number of hydrogen-bond donors (Lipinski definition) is 1. The van der Waals surface area contributed by atoms with E-state index in [1.807, 2.05) is 6.07 Å². The number of benzene rings is 1. The average molecular weight is 349 g/mol. The minimum absolute atomic E-state index is 0.131. The van der Waals surface area contributed by atoms with Gasteiger partial charge in [-0.15, -0.1) is 0 Å². The van der Waals surface area contributed by atoms with E-state index in [1.165, 1.54) is 28.6 Å². The molecular weight excluding hydrogens is 330 g/mol. The summed E-state index contributed by atoms with van der Waals surface area (Å²) in [5, 5.41) is 11.5. The van der Waals surface area contributed by atoms with Gasteiger partial charge in [-0.25, -0.2) is 8.42 Å². The van der Waals surface area contributed by atoms with E-state index in [1.54, 1.807) is 7.05 Å². The highest BCUT2D eigenvalue weighted by atomic mass is 32.2. The molecule has 2 aliphatic heterocycles. The normalized spacial score (nSPS) is 27.2. The van der Waals surface area contributed by atoms with Crippen molar-refractivity contribution in [1.29, 1.82) is 5.26 Å². The molecule has 2 fully saturated rings. The highest BCUT2D eigenvalue weighted by Crippen LogP contribution is 2.44. The van der Waals surface area contributed by atoms with Gasteiger partial charge in [0.15, 0.2) is 0 Å². The molecule has 1 N–H and O–H groups in total. The number of nitriles is 1. The minimum Gasteiger partial charge on any atom is -0.381 e. The van der Waals surface area contributed by atoms with Crippen molar-refractivity contribution in [2.75, 3.05) is 33.4 Å². The van der Waals surface area contributed by atoms with Gasteiger partial charge in [0, 0.05) is 32.7 Å². The number of rotatable bonds is 3. The molecule has 0 spiro atoms. The van der Waals surface area contributed by atoms with E-state index in [9.17, 15) is 13.2 Å². The zero-order chi connectivity index (χ0) is 17.4. The van der Waals surface area contributed by atoms with Crippen LogP contribution in [0.1, 0.15) is 12.0 Å². The van der Waals surface area contributed by atoms with Gasteiger partial charge in [-0.2, -0.15) is 9.57 Å². The van der Waals surface area contributed by atoms with Crippen molar-refractivity contribution in [3.05, 3.63) is 29.8 Å². The molecule has 3 rings (SSSR count). The lowest BCUT2D eigenvalue weighted by Crippen LogP contribution is -2.49. The summed E-state index contributed by atoms with van der Waals surface area (Å²) in [6.45, 7) is 1.25. The number of nitrogens with zero attached hydrogens (tertiary/aromatic N) is 2. The topological polar surface area (TPSA) is 99.5 Å². The van der Waals surface area contributed by atoms with Gasteiger partial charge < -0.3 is 10.1 Å². The number of carbonyl (C=O) groups is 1. The van der Waals surface area contributed by atoms with Gasteiger partial charge in [0.1, 0.15) is 0 Å². The van der Waals surface area contributed by atoms with Crippen LogP contribution in [0.5, 0.6) is 0 Å². The van der Waals surface area contributed by atoms with Crippen LogP contribution in [0.4, 0.5) is 0 Å². The van der Waals surface area contributed by atoms with Crippen LogP contribution < -0.4 is 5.32 Å². The number of fused-ring (bicyclic) bond motifs is 1. The molecule has 2 heterocycles. The largest absolute Gasteiger partial charge is 0.381 e. The van der Waals surface area contributed by atoms with Crippen LogP contribution in [0.2, 0.25) is 0 Å². The first-order valence-electron chi connectivity index (χ1n) is 7.74. The van der Waals surface area contributed by atoms with Crippen molar-refractivity contribution in [2.24, 2.45) is 11.3 Å². The molecule has 1 aromatic rings. The van der Waals surface area contributed by atoms with E-state index in [0.29, 0.717) is 25.2 Å². The van der Waals surface area contributed by atoms with Crippen molar-refractivity contribution in [3.8, 4) is 6.07 Å². The standard InChI is InChI=1S/C16H19N3O4S/c1-18-15(20)16-6-7-23-10-13(16)9-19(11-16)24(21,22)14-4-2-12(8-17)3-5-14/h2-5,13H,6-7,9-11H2,1H3,(H,18,20)/t13-,16+/m1/s1. The summed E-state index contributed by atoms with van der Waals surface area (Å²) >= 11 is 0. The number of amides is 1. The van der Waals surface area contributed by atoms with Gasteiger partial charge in [-0.1, -0.05) is 0 Å². The second-order valence-corrected chi connectivity index (χ2v) is 8.13. The van der Waals surface area contributed by atoms with Crippen LogP contribution >= 0.6 is 0 Å². The lowest BCUT2D eigenvalue weighted by Gasteiger charge is -2.36. The zero-order valence-corrected chi connectivity index (χ0v) is 14.2. The molecule has 2 saturated heterocycles. The van der Waals surface area contributed by atoms with Gasteiger partial charge in [-0.05, 0) is 30.7 Å². The summed E-state index contributed by atoms with van der Waals surface area (Å²) < 4.78 is 32.6. The number of carbonyl (C=O) groups excluding carboxylic acids is 1. The molecule has 2 aliphatic rings. The van der Waals surface area contributed by atoms with E-state index < -0.39 is 15.4 Å². The molecule has 128 valence electrons. The Labute approximate surface area is 141 Å². The molecule has 24 heavy (non-hydrogen) atoms.